The largest absolute Gasteiger partial charge is 0.481 e. The average molecular weight is 280 g/mol. The summed E-state index contributed by atoms with van der Waals surface area (Å²) in [6, 6.07) is 3.51. The number of amides is 1. The van der Waals surface area contributed by atoms with Crippen LogP contribution in [-0.4, -0.2) is 40.5 Å². The second-order valence-corrected chi connectivity index (χ2v) is 4.74. The zero-order valence-electron chi connectivity index (χ0n) is 10.2. The van der Waals surface area contributed by atoms with Crippen LogP contribution in [0.4, 0.5) is 0 Å². The highest BCUT2D eigenvalue weighted by Crippen LogP contribution is 2.24. The van der Waals surface area contributed by atoms with Gasteiger partial charge in [-0.15, -0.1) is 11.3 Å². The number of hydrogen-bond donors (Lipinski definition) is 1. The summed E-state index contributed by atoms with van der Waals surface area (Å²) in [4.78, 5) is 28.0. The van der Waals surface area contributed by atoms with E-state index in [2.05, 4.69) is 4.98 Å². The molecule has 0 radical (unpaired) electrons. The van der Waals surface area contributed by atoms with Gasteiger partial charge in [-0.1, -0.05) is 0 Å². The van der Waals surface area contributed by atoms with Gasteiger partial charge in [0.25, 0.3) is 5.91 Å². The molecule has 7 heteroatoms. The summed E-state index contributed by atoms with van der Waals surface area (Å²) in [6.45, 7) is 0.155. The Bertz CT molecular complexity index is 576. The second kappa shape index (κ2) is 5.66. The standard InChI is InChI=1S/C12H12N2O4S/c1-14(5-4-10(15)16)12(17)8-7-19-11(13-8)9-3-2-6-18-9/h2-3,6-7H,4-5H2,1H3,(H,15,16). The third-order valence-corrected chi connectivity index (χ3v) is 3.32. The van der Waals surface area contributed by atoms with Crippen molar-refractivity contribution < 1.29 is 19.1 Å². The number of furan rings is 1. The maximum Gasteiger partial charge on any atom is 0.305 e. The Labute approximate surface area is 113 Å². The Kier molecular flexibility index (Phi) is 3.96. The molecule has 2 aromatic heterocycles. The highest BCUT2D eigenvalue weighted by atomic mass is 32.1. The van der Waals surface area contributed by atoms with E-state index in [-0.39, 0.29) is 18.9 Å². The molecule has 0 atom stereocenters. The van der Waals surface area contributed by atoms with Gasteiger partial charge in [0, 0.05) is 19.0 Å². The fourth-order valence-electron chi connectivity index (χ4n) is 1.45. The van der Waals surface area contributed by atoms with E-state index < -0.39 is 5.97 Å². The maximum absolute atomic E-state index is 12.0. The third kappa shape index (κ3) is 3.19. The lowest BCUT2D eigenvalue weighted by Gasteiger charge is -2.13. The van der Waals surface area contributed by atoms with Gasteiger partial charge in [-0.25, -0.2) is 4.98 Å². The maximum atomic E-state index is 12.0. The van der Waals surface area contributed by atoms with E-state index >= 15 is 0 Å². The van der Waals surface area contributed by atoms with Crippen molar-refractivity contribution in [2.75, 3.05) is 13.6 Å². The van der Waals surface area contributed by atoms with Crippen LogP contribution in [0.5, 0.6) is 0 Å². The Morgan fingerprint density at radius 2 is 2.32 bits per heavy atom. The van der Waals surface area contributed by atoms with Crippen molar-refractivity contribution >= 4 is 23.2 Å². The molecule has 0 spiro atoms. The molecule has 100 valence electrons. The van der Waals surface area contributed by atoms with Crippen LogP contribution in [-0.2, 0) is 4.79 Å². The molecule has 0 fully saturated rings. The van der Waals surface area contributed by atoms with E-state index in [1.807, 2.05) is 0 Å². The smallest absolute Gasteiger partial charge is 0.305 e. The Balaban J connectivity index is 2.06. The molecule has 19 heavy (non-hydrogen) atoms. The number of nitrogens with zero attached hydrogens (tertiary/aromatic N) is 2. The van der Waals surface area contributed by atoms with Gasteiger partial charge in [0.1, 0.15) is 5.69 Å². The van der Waals surface area contributed by atoms with Gasteiger partial charge >= 0.3 is 5.97 Å². The Morgan fingerprint density at radius 1 is 1.53 bits per heavy atom. The number of carbonyl (C=O) groups excluding carboxylic acids is 1. The molecule has 0 aliphatic carbocycles. The predicted octanol–water partition coefficient (Wildman–Crippen LogP) is 1.95. The number of thiazole rings is 1. The molecule has 0 unspecified atom stereocenters. The fourth-order valence-corrected chi connectivity index (χ4v) is 2.21. The number of carboxylic acid groups (broad SMARTS) is 1. The van der Waals surface area contributed by atoms with Crippen LogP contribution in [0.1, 0.15) is 16.9 Å². The molecular formula is C12H12N2O4S. The van der Waals surface area contributed by atoms with Crippen molar-refractivity contribution in [1.29, 1.82) is 0 Å². The first-order chi connectivity index (χ1) is 9.08. The fraction of sp³-hybridized carbons (Fsp3) is 0.250. The van der Waals surface area contributed by atoms with Crippen molar-refractivity contribution in [2.45, 2.75) is 6.42 Å². The van der Waals surface area contributed by atoms with E-state index in [0.717, 1.165) is 0 Å². The molecular weight excluding hydrogens is 268 g/mol. The van der Waals surface area contributed by atoms with Crippen molar-refractivity contribution in [3.63, 3.8) is 0 Å². The zero-order chi connectivity index (χ0) is 13.8. The van der Waals surface area contributed by atoms with E-state index in [9.17, 15) is 9.59 Å². The summed E-state index contributed by atoms with van der Waals surface area (Å²) in [5, 5.41) is 10.8. The van der Waals surface area contributed by atoms with Gasteiger partial charge in [-0.2, -0.15) is 0 Å². The first kappa shape index (κ1) is 13.3. The van der Waals surface area contributed by atoms with E-state index in [0.29, 0.717) is 16.5 Å². The van der Waals surface area contributed by atoms with Crippen LogP contribution in [0.25, 0.3) is 10.8 Å². The number of carboxylic acids is 1. The van der Waals surface area contributed by atoms with Crippen LogP contribution in [0.15, 0.2) is 28.2 Å². The number of aromatic nitrogens is 1. The van der Waals surface area contributed by atoms with Crippen molar-refractivity contribution in [2.24, 2.45) is 0 Å². The summed E-state index contributed by atoms with van der Waals surface area (Å²) >= 11 is 1.31. The molecule has 2 rings (SSSR count). The van der Waals surface area contributed by atoms with Crippen LogP contribution in [0.3, 0.4) is 0 Å². The normalized spacial score (nSPS) is 10.4. The van der Waals surface area contributed by atoms with E-state index in [1.165, 1.54) is 22.5 Å². The van der Waals surface area contributed by atoms with Crippen LogP contribution in [0.2, 0.25) is 0 Å². The first-order valence-electron chi connectivity index (χ1n) is 5.54. The predicted molar refractivity (Wildman–Crippen MR) is 69.0 cm³/mol. The van der Waals surface area contributed by atoms with Crippen LogP contribution < -0.4 is 0 Å². The van der Waals surface area contributed by atoms with Crippen molar-refractivity contribution in [3.8, 4) is 10.8 Å². The highest BCUT2D eigenvalue weighted by Gasteiger charge is 2.17. The second-order valence-electron chi connectivity index (χ2n) is 3.89. The molecule has 0 saturated carbocycles. The summed E-state index contributed by atoms with van der Waals surface area (Å²) < 4.78 is 5.20. The molecule has 2 aromatic rings. The SMILES string of the molecule is CN(CCC(=O)O)C(=O)c1csc(-c2ccco2)n1. The molecule has 0 aliphatic heterocycles. The van der Waals surface area contributed by atoms with Gasteiger partial charge in [-0.05, 0) is 12.1 Å². The monoisotopic (exact) mass is 280 g/mol. The first-order valence-corrected chi connectivity index (χ1v) is 6.42. The van der Waals surface area contributed by atoms with Gasteiger partial charge in [0.05, 0.1) is 12.7 Å². The van der Waals surface area contributed by atoms with Gasteiger partial charge in [-0.3, -0.25) is 9.59 Å². The number of rotatable bonds is 5. The van der Waals surface area contributed by atoms with Crippen molar-refractivity contribution in [3.05, 3.63) is 29.5 Å². The number of aliphatic carboxylic acids is 1. The highest BCUT2D eigenvalue weighted by molar-refractivity contribution is 7.13. The Hall–Kier alpha value is -2.15. The summed E-state index contributed by atoms with van der Waals surface area (Å²) in [5.74, 6) is -0.623. The summed E-state index contributed by atoms with van der Waals surface area (Å²) in [6.07, 6.45) is 1.45. The molecule has 1 N–H and O–H groups in total. The molecule has 2 heterocycles. The van der Waals surface area contributed by atoms with Gasteiger partial charge in [0.15, 0.2) is 10.8 Å². The molecule has 6 nitrogen and oxygen atoms in total. The topological polar surface area (TPSA) is 83.6 Å². The van der Waals surface area contributed by atoms with Gasteiger partial charge < -0.3 is 14.4 Å². The lowest BCUT2D eigenvalue weighted by molar-refractivity contribution is -0.137. The third-order valence-electron chi connectivity index (χ3n) is 2.46. The minimum atomic E-state index is -0.936. The summed E-state index contributed by atoms with van der Waals surface area (Å²) in [5.41, 5.74) is 0.296. The number of carbonyl (C=O) groups is 2. The molecule has 1 amide bonds. The molecule has 0 aromatic carbocycles. The quantitative estimate of drug-likeness (QED) is 0.905. The lowest BCUT2D eigenvalue weighted by atomic mass is 10.3. The zero-order valence-corrected chi connectivity index (χ0v) is 11.0. The average Bonchev–Trinajstić information content (AvgIpc) is 3.04. The van der Waals surface area contributed by atoms with Gasteiger partial charge in [0.2, 0.25) is 0 Å². The minimum absolute atomic E-state index is 0.0859. The van der Waals surface area contributed by atoms with Crippen LogP contribution >= 0.6 is 11.3 Å². The molecule has 0 bridgehead atoms. The molecule has 0 aliphatic rings. The van der Waals surface area contributed by atoms with Crippen LogP contribution in [0, 0.1) is 0 Å². The van der Waals surface area contributed by atoms with E-state index in [1.54, 1.807) is 24.6 Å². The van der Waals surface area contributed by atoms with Crippen molar-refractivity contribution in [1.82, 2.24) is 9.88 Å². The Morgan fingerprint density at radius 3 is 2.95 bits per heavy atom. The van der Waals surface area contributed by atoms with E-state index in [4.69, 9.17) is 9.52 Å². The number of hydrogen-bond acceptors (Lipinski definition) is 5. The molecule has 0 saturated heterocycles. The minimum Gasteiger partial charge on any atom is -0.481 e. The summed E-state index contributed by atoms with van der Waals surface area (Å²) in [7, 11) is 1.55. The lowest BCUT2D eigenvalue weighted by Crippen LogP contribution is -2.29.